The van der Waals surface area contributed by atoms with Crippen molar-refractivity contribution >= 4 is 17.7 Å². The number of fused-ring (bicyclic) bond motifs is 5. The molecule has 2 bridgehead atoms. The molecule has 3 N–H and O–H groups in total. The number of rotatable bonds is 6. The number of carbonyl (C=O) groups is 2. The number of carbonyl (C=O) groups excluding carboxylic acids is 2. The van der Waals surface area contributed by atoms with Crippen LogP contribution >= 0.6 is 0 Å². The molecule has 3 aromatic carbocycles. The Kier molecular flexibility index (Phi) is 7.86. The minimum Gasteiger partial charge on any atom is -0.444 e. The van der Waals surface area contributed by atoms with Crippen LogP contribution < -0.4 is 10.6 Å². The number of nitrogens with zero attached hydrogens (tertiary/aromatic N) is 2. The smallest absolute Gasteiger partial charge is 0.410 e. The summed E-state index contributed by atoms with van der Waals surface area (Å²) in [6, 6.07) is 21.6. The van der Waals surface area contributed by atoms with Gasteiger partial charge in [-0.2, -0.15) is 0 Å². The molecule has 3 heterocycles. The number of amides is 2. The van der Waals surface area contributed by atoms with Gasteiger partial charge in [-0.3, -0.25) is 9.69 Å². The van der Waals surface area contributed by atoms with E-state index in [4.69, 9.17) is 4.74 Å². The van der Waals surface area contributed by atoms with Crippen molar-refractivity contribution in [3.8, 4) is 33.5 Å². The number of likely N-dealkylation sites (tertiary alicyclic amines) is 1. The molecule has 1 aromatic heterocycles. The second-order valence-corrected chi connectivity index (χ2v) is 15.0. The molecule has 248 valence electrons. The maximum absolute atomic E-state index is 13.3. The van der Waals surface area contributed by atoms with Gasteiger partial charge in [0.2, 0.25) is 5.91 Å². The van der Waals surface area contributed by atoms with Gasteiger partial charge in [0.25, 0.3) is 0 Å². The highest BCUT2D eigenvalue weighted by atomic mass is 16.6. The van der Waals surface area contributed by atoms with Gasteiger partial charge in [0.15, 0.2) is 0 Å². The molecule has 48 heavy (non-hydrogen) atoms. The van der Waals surface area contributed by atoms with Gasteiger partial charge in [-0.05, 0) is 135 Å². The van der Waals surface area contributed by atoms with Crippen LogP contribution in [0.15, 0.2) is 66.9 Å². The Hall–Kier alpha value is -4.43. The number of ether oxygens (including phenoxy) is 1. The normalized spacial score (nSPS) is 23.0. The zero-order chi connectivity index (χ0) is 33.0. The van der Waals surface area contributed by atoms with Crippen LogP contribution in [-0.4, -0.2) is 51.6 Å². The highest BCUT2D eigenvalue weighted by molar-refractivity contribution is 5.97. The molecule has 3 fully saturated rings. The molecule has 8 heteroatoms. The van der Waals surface area contributed by atoms with Crippen molar-refractivity contribution in [2.45, 2.75) is 95.2 Å². The summed E-state index contributed by atoms with van der Waals surface area (Å²) < 4.78 is 5.55. The van der Waals surface area contributed by atoms with Gasteiger partial charge in [-0.1, -0.05) is 48.5 Å². The van der Waals surface area contributed by atoms with Crippen LogP contribution in [0, 0.1) is 0 Å². The van der Waals surface area contributed by atoms with E-state index >= 15 is 0 Å². The third-order valence-corrected chi connectivity index (χ3v) is 10.7. The Morgan fingerprint density at radius 2 is 1.48 bits per heavy atom. The van der Waals surface area contributed by atoms with E-state index in [1.165, 1.54) is 59.1 Å². The lowest BCUT2D eigenvalue weighted by Gasteiger charge is -2.28. The van der Waals surface area contributed by atoms with E-state index in [0.717, 1.165) is 42.2 Å². The summed E-state index contributed by atoms with van der Waals surface area (Å²) in [4.78, 5) is 35.7. The lowest BCUT2D eigenvalue weighted by Crippen LogP contribution is -2.45. The number of aromatic nitrogens is 2. The van der Waals surface area contributed by atoms with Gasteiger partial charge in [0, 0.05) is 12.2 Å². The van der Waals surface area contributed by atoms with Gasteiger partial charge in [-0.15, -0.1) is 0 Å². The Bertz CT molecular complexity index is 1830. The first-order chi connectivity index (χ1) is 23.2. The summed E-state index contributed by atoms with van der Waals surface area (Å²) in [5.74, 6) is 2.06. The van der Waals surface area contributed by atoms with Crippen LogP contribution in [0.1, 0.15) is 101 Å². The molecule has 8 nitrogen and oxygen atoms in total. The van der Waals surface area contributed by atoms with E-state index in [-0.39, 0.29) is 5.91 Å². The van der Waals surface area contributed by atoms with E-state index in [2.05, 4.69) is 69.1 Å². The van der Waals surface area contributed by atoms with E-state index in [9.17, 15) is 9.59 Å². The first-order valence-corrected chi connectivity index (χ1v) is 17.7. The molecular weight excluding hydrogens is 598 g/mol. The van der Waals surface area contributed by atoms with Crippen molar-refractivity contribution < 1.29 is 14.3 Å². The second-order valence-electron chi connectivity index (χ2n) is 15.0. The largest absolute Gasteiger partial charge is 0.444 e. The predicted molar refractivity (Wildman–Crippen MR) is 189 cm³/mol. The Labute approximate surface area is 282 Å². The van der Waals surface area contributed by atoms with Crippen LogP contribution in [0.25, 0.3) is 33.5 Å². The quantitative estimate of drug-likeness (QED) is 0.196. The predicted octanol–water partition coefficient (Wildman–Crippen LogP) is 8.54. The highest BCUT2D eigenvalue weighted by Gasteiger charge is 2.40. The fourth-order valence-corrected chi connectivity index (χ4v) is 8.47. The molecule has 2 amide bonds. The number of H-pyrrole nitrogens is 1. The Morgan fingerprint density at radius 1 is 0.833 bits per heavy atom. The van der Waals surface area contributed by atoms with Crippen LogP contribution in [-0.2, 0) is 9.53 Å². The van der Waals surface area contributed by atoms with Crippen LogP contribution in [0.4, 0.5) is 10.5 Å². The van der Waals surface area contributed by atoms with Crippen LogP contribution in [0.3, 0.4) is 0 Å². The van der Waals surface area contributed by atoms with Crippen molar-refractivity contribution in [2.24, 2.45) is 0 Å². The minimum absolute atomic E-state index is 0.168. The molecule has 2 aliphatic carbocycles. The molecule has 4 atom stereocenters. The maximum atomic E-state index is 13.3. The minimum atomic E-state index is -0.600. The first kappa shape index (κ1) is 30.9. The average Bonchev–Trinajstić information content (AvgIpc) is 3.93. The van der Waals surface area contributed by atoms with Crippen LogP contribution in [0.2, 0.25) is 0 Å². The number of hydrogen-bond acceptors (Lipinski definition) is 5. The summed E-state index contributed by atoms with van der Waals surface area (Å²) in [5, 5.41) is 6.58. The Balaban J connectivity index is 1.01. The number of hydrogen-bond donors (Lipinski definition) is 3. The molecule has 2 saturated heterocycles. The number of benzene rings is 3. The topological polar surface area (TPSA) is 99.3 Å². The fraction of sp³-hybridized carbons (Fsp3) is 0.425. The van der Waals surface area contributed by atoms with Crippen molar-refractivity contribution in [2.75, 3.05) is 18.4 Å². The summed E-state index contributed by atoms with van der Waals surface area (Å²) in [5.41, 5.74) is 10.5. The molecule has 4 aliphatic rings. The van der Waals surface area contributed by atoms with Crippen molar-refractivity contribution in [1.82, 2.24) is 20.2 Å². The van der Waals surface area contributed by atoms with E-state index in [0.29, 0.717) is 30.8 Å². The highest BCUT2D eigenvalue weighted by Crippen LogP contribution is 2.58. The molecule has 8 rings (SSSR count). The van der Waals surface area contributed by atoms with E-state index in [1.54, 1.807) is 4.90 Å². The number of imidazole rings is 1. The zero-order valence-electron chi connectivity index (χ0n) is 28.1. The number of nitrogens with one attached hydrogen (secondary N) is 3. The molecular formula is C40H45N5O3. The molecule has 4 aromatic rings. The molecule has 1 saturated carbocycles. The summed E-state index contributed by atoms with van der Waals surface area (Å²) in [6.45, 7) is 7.12. The van der Waals surface area contributed by atoms with Gasteiger partial charge >= 0.3 is 6.09 Å². The average molecular weight is 644 g/mol. The fourth-order valence-electron chi connectivity index (χ4n) is 8.47. The van der Waals surface area contributed by atoms with Crippen molar-refractivity contribution in [3.63, 3.8) is 0 Å². The van der Waals surface area contributed by atoms with Gasteiger partial charge in [-0.25, -0.2) is 9.78 Å². The van der Waals surface area contributed by atoms with Crippen LogP contribution in [0.5, 0.6) is 0 Å². The summed E-state index contributed by atoms with van der Waals surface area (Å²) in [7, 11) is 0. The second kappa shape index (κ2) is 12.2. The van der Waals surface area contributed by atoms with Gasteiger partial charge < -0.3 is 20.4 Å². The zero-order valence-corrected chi connectivity index (χ0v) is 28.1. The lowest BCUT2D eigenvalue weighted by molar-refractivity contribution is -0.120. The lowest BCUT2D eigenvalue weighted by atomic mass is 9.81. The first-order valence-electron chi connectivity index (χ1n) is 17.7. The maximum Gasteiger partial charge on any atom is 0.410 e. The summed E-state index contributed by atoms with van der Waals surface area (Å²) >= 11 is 0. The summed E-state index contributed by atoms with van der Waals surface area (Å²) in [6.07, 6.45) is 9.00. The monoisotopic (exact) mass is 643 g/mol. The van der Waals surface area contributed by atoms with Gasteiger partial charge in [0.1, 0.15) is 17.5 Å². The van der Waals surface area contributed by atoms with E-state index in [1.807, 2.05) is 39.1 Å². The number of aromatic amines is 1. The standard InChI is InChI=1S/C40H45N5O3/c1-40(2,3)48-39(47)45-21-5-7-34(45)38(46)43-29-16-14-25(15-17-29)31-19-18-30(35-27-12-13-28(22-27)36(31)35)24-8-10-26(11-9-24)33-23-42-37(44-33)32-6-4-20-41-32/h8-11,14-19,23,27-28,32,34,41H,4-7,12-13,20-22H2,1-3H3,(H,42,44)(H,43,46)/t27?,28?,32-,34-/m0/s1. The molecule has 2 unspecified atom stereocenters. The van der Waals surface area contributed by atoms with Crippen molar-refractivity contribution in [1.29, 1.82) is 0 Å². The Morgan fingerprint density at radius 3 is 2.10 bits per heavy atom. The third-order valence-electron chi connectivity index (χ3n) is 10.7. The van der Waals surface area contributed by atoms with Gasteiger partial charge in [0.05, 0.1) is 17.9 Å². The van der Waals surface area contributed by atoms with Crippen molar-refractivity contribution in [3.05, 3.63) is 83.8 Å². The molecule has 0 spiro atoms. The molecule has 2 aliphatic heterocycles. The van der Waals surface area contributed by atoms with E-state index < -0.39 is 17.7 Å². The number of anilines is 1. The molecule has 0 radical (unpaired) electrons. The SMILES string of the molecule is CC(C)(C)OC(=O)N1CCC[C@H]1C(=O)Nc1ccc(-c2ccc(-c3ccc(-c4cnc([C@@H]5CCCN5)[nH]4)cc3)c3c2C2CCC3C2)cc1. The third kappa shape index (κ3) is 5.80.